The van der Waals surface area contributed by atoms with Gasteiger partial charge in [-0.15, -0.1) is 0 Å². The van der Waals surface area contributed by atoms with Crippen molar-refractivity contribution < 1.29 is 13.5 Å². The molecule has 0 bridgehead atoms. The minimum Gasteiger partial charge on any atom is -0.396 e. The summed E-state index contributed by atoms with van der Waals surface area (Å²) in [6.07, 6.45) is 1.69. The SMILES string of the molecule is CC(Cc1ccccc1)NS(=O)(=O)CCCCO. The Morgan fingerprint density at radius 1 is 1.22 bits per heavy atom. The van der Waals surface area contributed by atoms with Crippen LogP contribution >= 0.6 is 0 Å². The van der Waals surface area contributed by atoms with E-state index in [-0.39, 0.29) is 18.4 Å². The van der Waals surface area contributed by atoms with E-state index < -0.39 is 10.0 Å². The molecule has 0 aromatic heterocycles. The smallest absolute Gasteiger partial charge is 0.211 e. The van der Waals surface area contributed by atoms with Gasteiger partial charge in [0.2, 0.25) is 10.0 Å². The number of hydrogen-bond donors (Lipinski definition) is 2. The zero-order chi connectivity index (χ0) is 13.4. The molecule has 0 radical (unpaired) electrons. The number of nitrogens with one attached hydrogen (secondary N) is 1. The molecule has 1 unspecified atom stereocenters. The van der Waals surface area contributed by atoms with Crippen molar-refractivity contribution in [2.75, 3.05) is 12.4 Å². The maximum atomic E-state index is 11.7. The Kier molecular flexibility index (Phi) is 6.32. The molecule has 102 valence electrons. The van der Waals surface area contributed by atoms with Crippen molar-refractivity contribution in [2.24, 2.45) is 0 Å². The van der Waals surface area contributed by atoms with Crippen molar-refractivity contribution >= 4 is 10.0 Å². The van der Waals surface area contributed by atoms with Crippen LogP contribution in [0.15, 0.2) is 30.3 Å². The van der Waals surface area contributed by atoms with Crippen LogP contribution in [0.25, 0.3) is 0 Å². The number of aliphatic hydroxyl groups excluding tert-OH is 1. The first-order chi connectivity index (χ1) is 8.53. The summed E-state index contributed by atoms with van der Waals surface area (Å²) in [6.45, 7) is 1.89. The molecule has 4 nitrogen and oxygen atoms in total. The lowest BCUT2D eigenvalue weighted by Crippen LogP contribution is -2.35. The van der Waals surface area contributed by atoms with Gasteiger partial charge in [-0.25, -0.2) is 13.1 Å². The van der Waals surface area contributed by atoms with Gasteiger partial charge in [0.1, 0.15) is 0 Å². The van der Waals surface area contributed by atoms with Crippen LogP contribution in [0.2, 0.25) is 0 Å². The summed E-state index contributed by atoms with van der Waals surface area (Å²) in [4.78, 5) is 0. The van der Waals surface area contributed by atoms with Crippen LogP contribution in [0.3, 0.4) is 0 Å². The van der Waals surface area contributed by atoms with Crippen LogP contribution in [0.1, 0.15) is 25.3 Å². The zero-order valence-electron chi connectivity index (χ0n) is 10.7. The monoisotopic (exact) mass is 271 g/mol. The standard InChI is InChI=1S/C13H21NO3S/c1-12(11-13-7-3-2-4-8-13)14-18(16,17)10-6-5-9-15/h2-4,7-8,12,14-15H,5-6,9-11H2,1H3. The third kappa shape index (κ3) is 6.14. The van der Waals surface area contributed by atoms with Gasteiger partial charge in [0.25, 0.3) is 0 Å². The largest absolute Gasteiger partial charge is 0.396 e. The fourth-order valence-corrected chi connectivity index (χ4v) is 3.18. The predicted octanol–water partition coefficient (Wildman–Crippen LogP) is 1.31. The molecule has 0 fully saturated rings. The van der Waals surface area contributed by atoms with Gasteiger partial charge in [0, 0.05) is 12.6 Å². The predicted molar refractivity (Wildman–Crippen MR) is 72.9 cm³/mol. The molecule has 1 aromatic carbocycles. The molecule has 0 saturated heterocycles. The highest BCUT2D eigenvalue weighted by Crippen LogP contribution is 2.04. The summed E-state index contributed by atoms with van der Waals surface area (Å²) in [7, 11) is -3.23. The fraction of sp³-hybridized carbons (Fsp3) is 0.538. The lowest BCUT2D eigenvalue weighted by Gasteiger charge is -2.14. The van der Waals surface area contributed by atoms with Crippen molar-refractivity contribution in [3.8, 4) is 0 Å². The van der Waals surface area contributed by atoms with Gasteiger partial charge in [-0.2, -0.15) is 0 Å². The van der Waals surface area contributed by atoms with E-state index >= 15 is 0 Å². The van der Waals surface area contributed by atoms with Crippen LogP contribution in [0, 0.1) is 0 Å². The molecule has 0 aliphatic heterocycles. The molecule has 1 rings (SSSR count). The molecular formula is C13H21NO3S. The number of benzene rings is 1. The molecule has 1 atom stereocenters. The highest BCUT2D eigenvalue weighted by molar-refractivity contribution is 7.89. The van der Waals surface area contributed by atoms with Crippen molar-refractivity contribution in [2.45, 2.75) is 32.2 Å². The Hall–Kier alpha value is -0.910. The van der Waals surface area contributed by atoms with Crippen LogP contribution in [0.4, 0.5) is 0 Å². The van der Waals surface area contributed by atoms with Crippen LogP contribution < -0.4 is 4.72 Å². The average molecular weight is 271 g/mol. The first-order valence-corrected chi connectivity index (χ1v) is 7.83. The van der Waals surface area contributed by atoms with E-state index in [9.17, 15) is 8.42 Å². The summed E-state index contributed by atoms with van der Waals surface area (Å²) >= 11 is 0. The van der Waals surface area contributed by atoms with Gasteiger partial charge >= 0.3 is 0 Å². The van der Waals surface area contributed by atoms with Crippen molar-refractivity contribution in [1.82, 2.24) is 4.72 Å². The summed E-state index contributed by atoms with van der Waals surface area (Å²) in [5, 5.41) is 8.62. The second kappa shape index (κ2) is 7.51. The number of hydrogen-bond acceptors (Lipinski definition) is 3. The second-order valence-electron chi connectivity index (χ2n) is 4.46. The normalized spacial score (nSPS) is 13.4. The third-order valence-corrected chi connectivity index (χ3v) is 4.17. The lowest BCUT2D eigenvalue weighted by atomic mass is 10.1. The molecule has 0 aliphatic carbocycles. The summed E-state index contributed by atoms with van der Waals surface area (Å²) < 4.78 is 26.1. The molecule has 0 heterocycles. The Labute approximate surface area is 109 Å². The first-order valence-electron chi connectivity index (χ1n) is 6.18. The summed E-state index contributed by atoms with van der Waals surface area (Å²) in [6, 6.07) is 9.67. The minimum atomic E-state index is -3.23. The van der Waals surface area contributed by atoms with E-state index in [0.29, 0.717) is 19.3 Å². The lowest BCUT2D eigenvalue weighted by molar-refractivity contribution is 0.287. The first kappa shape index (κ1) is 15.1. The van der Waals surface area contributed by atoms with Crippen molar-refractivity contribution in [3.63, 3.8) is 0 Å². The Morgan fingerprint density at radius 2 is 1.89 bits per heavy atom. The Morgan fingerprint density at radius 3 is 2.50 bits per heavy atom. The molecule has 0 saturated carbocycles. The number of unbranched alkanes of at least 4 members (excludes halogenated alkanes) is 1. The molecular weight excluding hydrogens is 250 g/mol. The van der Waals surface area contributed by atoms with Gasteiger partial charge in [-0.05, 0) is 31.7 Å². The van der Waals surface area contributed by atoms with E-state index in [0.717, 1.165) is 5.56 Å². The summed E-state index contributed by atoms with van der Waals surface area (Å²) in [5.41, 5.74) is 1.11. The van der Waals surface area contributed by atoms with Crippen molar-refractivity contribution in [1.29, 1.82) is 0 Å². The zero-order valence-corrected chi connectivity index (χ0v) is 11.5. The van der Waals surface area contributed by atoms with Gasteiger partial charge < -0.3 is 5.11 Å². The van der Waals surface area contributed by atoms with E-state index in [1.165, 1.54) is 0 Å². The van der Waals surface area contributed by atoms with Gasteiger partial charge in [0.15, 0.2) is 0 Å². The fourth-order valence-electron chi connectivity index (χ4n) is 1.78. The maximum absolute atomic E-state index is 11.7. The van der Waals surface area contributed by atoms with E-state index in [4.69, 9.17) is 5.11 Å². The number of rotatable bonds is 8. The van der Waals surface area contributed by atoms with E-state index in [1.54, 1.807) is 0 Å². The third-order valence-electron chi connectivity index (χ3n) is 2.59. The topological polar surface area (TPSA) is 66.4 Å². The number of aliphatic hydroxyl groups is 1. The quantitative estimate of drug-likeness (QED) is 0.701. The molecule has 0 aliphatic rings. The minimum absolute atomic E-state index is 0.0368. The molecule has 2 N–H and O–H groups in total. The Balaban J connectivity index is 2.41. The highest BCUT2D eigenvalue weighted by atomic mass is 32.2. The second-order valence-corrected chi connectivity index (χ2v) is 6.33. The van der Waals surface area contributed by atoms with Gasteiger partial charge in [-0.1, -0.05) is 30.3 Å². The van der Waals surface area contributed by atoms with Crippen LogP contribution in [0.5, 0.6) is 0 Å². The molecule has 5 heteroatoms. The average Bonchev–Trinajstić information content (AvgIpc) is 2.29. The van der Waals surface area contributed by atoms with Crippen molar-refractivity contribution in [3.05, 3.63) is 35.9 Å². The highest BCUT2D eigenvalue weighted by Gasteiger charge is 2.14. The van der Waals surface area contributed by atoms with Crippen LogP contribution in [-0.2, 0) is 16.4 Å². The number of sulfonamides is 1. The van der Waals surface area contributed by atoms with E-state index in [1.807, 2.05) is 37.3 Å². The Bertz CT molecular complexity index is 431. The van der Waals surface area contributed by atoms with Gasteiger partial charge in [0.05, 0.1) is 5.75 Å². The summed E-state index contributed by atoms with van der Waals surface area (Å²) in [5.74, 6) is 0.0761. The molecule has 1 aromatic rings. The maximum Gasteiger partial charge on any atom is 0.211 e. The molecule has 0 spiro atoms. The van der Waals surface area contributed by atoms with Crippen LogP contribution in [-0.4, -0.2) is 31.9 Å². The van der Waals surface area contributed by atoms with E-state index in [2.05, 4.69) is 4.72 Å². The molecule has 0 amide bonds. The molecule has 18 heavy (non-hydrogen) atoms. The van der Waals surface area contributed by atoms with Gasteiger partial charge in [-0.3, -0.25) is 0 Å².